The van der Waals surface area contributed by atoms with Crippen molar-refractivity contribution in [2.45, 2.75) is 57.9 Å². The van der Waals surface area contributed by atoms with Crippen LogP contribution in [0.5, 0.6) is 0 Å². The molecule has 2 fully saturated rings. The van der Waals surface area contributed by atoms with Gasteiger partial charge >= 0.3 is 5.91 Å². The summed E-state index contributed by atoms with van der Waals surface area (Å²) in [5.41, 5.74) is 0. The number of quaternary nitrogens is 1. The monoisotopic (exact) mass is 326 g/mol. The van der Waals surface area contributed by atoms with Crippen molar-refractivity contribution in [1.29, 1.82) is 0 Å². The molecule has 3 amide bonds. The lowest BCUT2D eigenvalue weighted by molar-refractivity contribution is -1.05. The zero-order chi connectivity index (χ0) is 16.9. The number of nitrogens with zero attached hydrogens (tertiary/aromatic N) is 2. The van der Waals surface area contributed by atoms with Gasteiger partial charge in [-0.25, -0.2) is 10.0 Å². The molecule has 2 aliphatic rings. The molecule has 130 valence electrons. The van der Waals surface area contributed by atoms with E-state index in [1.807, 2.05) is 11.8 Å². The van der Waals surface area contributed by atoms with Crippen LogP contribution in [0.25, 0.3) is 0 Å². The van der Waals surface area contributed by atoms with E-state index in [-0.39, 0.29) is 36.6 Å². The topological polar surface area (TPSA) is 86.7 Å². The van der Waals surface area contributed by atoms with Gasteiger partial charge < -0.3 is 10.2 Å². The lowest BCUT2D eigenvalue weighted by Crippen LogP contribution is -2.52. The predicted octanol–water partition coefficient (Wildman–Crippen LogP) is 0.810. The van der Waals surface area contributed by atoms with E-state index >= 15 is 0 Å². The zero-order valence-electron chi connectivity index (χ0n) is 13.9. The quantitative estimate of drug-likeness (QED) is 0.412. The van der Waals surface area contributed by atoms with Gasteiger partial charge in [-0.3, -0.25) is 9.59 Å². The Hall–Kier alpha value is -1.47. The van der Waals surface area contributed by atoms with E-state index in [9.17, 15) is 19.6 Å². The molecular formula is C16H28N3O4+. The molecule has 0 bridgehead atoms. The van der Waals surface area contributed by atoms with Crippen molar-refractivity contribution in [3.63, 3.8) is 0 Å². The Labute approximate surface area is 137 Å². The minimum absolute atomic E-state index is 0.0668. The molecule has 0 radical (unpaired) electrons. The van der Waals surface area contributed by atoms with Crippen LogP contribution in [0, 0.1) is 0 Å². The van der Waals surface area contributed by atoms with Gasteiger partial charge in [0.25, 0.3) is 0 Å². The first-order valence-electron chi connectivity index (χ1n) is 8.62. The molecule has 7 nitrogen and oxygen atoms in total. The number of carbonyl (C=O) groups excluding carboxylic acids is 3. The Bertz CT molecular complexity index is 468. The molecule has 2 aliphatic heterocycles. The number of amides is 3. The van der Waals surface area contributed by atoms with Gasteiger partial charge in [0, 0.05) is 45.3 Å². The smallest absolute Gasteiger partial charge is 0.346 e. The Morgan fingerprint density at radius 1 is 1.35 bits per heavy atom. The predicted molar refractivity (Wildman–Crippen MR) is 83.3 cm³/mol. The fourth-order valence-electron chi connectivity index (χ4n) is 3.37. The SMILES string of the molecule is C[C@@H]1CCC[N+]1(O)C(=O)CCC(=O)NCCCN1CCCC1=O. The molecule has 0 aromatic heterocycles. The van der Waals surface area contributed by atoms with Crippen molar-refractivity contribution in [2.24, 2.45) is 0 Å². The summed E-state index contributed by atoms with van der Waals surface area (Å²) in [4.78, 5) is 37.2. The summed E-state index contributed by atoms with van der Waals surface area (Å²) in [6, 6.07) is -0.0800. The van der Waals surface area contributed by atoms with Crippen LogP contribution >= 0.6 is 0 Å². The van der Waals surface area contributed by atoms with Crippen LogP contribution in [0.15, 0.2) is 0 Å². The average molecular weight is 326 g/mol. The highest BCUT2D eigenvalue weighted by atomic mass is 16.6. The zero-order valence-corrected chi connectivity index (χ0v) is 13.9. The van der Waals surface area contributed by atoms with E-state index in [1.165, 1.54) is 0 Å². The fraction of sp³-hybridized carbons (Fsp3) is 0.812. The Kier molecular flexibility index (Phi) is 6.12. The first kappa shape index (κ1) is 17.9. The van der Waals surface area contributed by atoms with E-state index in [0.717, 1.165) is 32.2 Å². The van der Waals surface area contributed by atoms with Gasteiger partial charge in [-0.05, 0) is 19.8 Å². The summed E-state index contributed by atoms with van der Waals surface area (Å²) < 4.78 is -0.523. The molecule has 7 heteroatoms. The minimum atomic E-state index is -0.523. The molecule has 0 aliphatic carbocycles. The maximum atomic E-state index is 12.1. The van der Waals surface area contributed by atoms with Crippen molar-refractivity contribution in [1.82, 2.24) is 10.2 Å². The maximum absolute atomic E-state index is 12.1. The van der Waals surface area contributed by atoms with Crippen molar-refractivity contribution in [3.05, 3.63) is 0 Å². The molecule has 23 heavy (non-hydrogen) atoms. The van der Waals surface area contributed by atoms with Gasteiger partial charge in [-0.15, -0.1) is 4.65 Å². The van der Waals surface area contributed by atoms with Crippen LogP contribution in [0.3, 0.4) is 0 Å². The van der Waals surface area contributed by atoms with Crippen molar-refractivity contribution in [3.8, 4) is 0 Å². The number of hydrogen-bond donors (Lipinski definition) is 2. The summed E-state index contributed by atoms with van der Waals surface area (Å²) >= 11 is 0. The number of hydrogen-bond acceptors (Lipinski definition) is 4. The Morgan fingerprint density at radius 2 is 2.13 bits per heavy atom. The molecule has 1 unspecified atom stereocenters. The maximum Gasteiger partial charge on any atom is 0.346 e. The molecular weight excluding hydrogens is 298 g/mol. The molecule has 0 spiro atoms. The standard InChI is InChI=1S/C16H27N3O4/c1-13-5-3-12-19(13,23)16(22)8-7-14(20)17-9-4-11-18-10-2-6-15(18)21/h13,23H,2-12H2,1H3/p+1/t13-,19?/m1/s1. The van der Waals surface area contributed by atoms with Crippen molar-refractivity contribution >= 4 is 17.7 Å². The summed E-state index contributed by atoms with van der Waals surface area (Å²) in [5, 5.41) is 13.1. The third-order valence-electron chi connectivity index (χ3n) is 4.95. The average Bonchev–Trinajstić information content (AvgIpc) is 3.08. The van der Waals surface area contributed by atoms with E-state index < -0.39 is 4.65 Å². The Balaban J connectivity index is 1.59. The number of likely N-dealkylation sites (tertiary alicyclic amines) is 2. The van der Waals surface area contributed by atoms with Gasteiger partial charge in [-0.2, -0.15) is 0 Å². The van der Waals surface area contributed by atoms with Gasteiger partial charge in [0.2, 0.25) is 11.8 Å². The summed E-state index contributed by atoms with van der Waals surface area (Å²) in [7, 11) is 0. The van der Waals surface area contributed by atoms with Gasteiger partial charge in [-0.1, -0.05) is 0 Å². The van der Waals surface area contributed by atoms with E-state index in [4.69, 9.17) is 0 Å². The third-order valence-corrected chi connectivity index (χ3v) is 4.95. The fourth-order valence-corrected chi connectivity index (χ4v) is 3.37. The molecule has 2 saturated heterocycles. The summed E-state index contributed by atoms with van der Waals surface area (Å²) in [5.74, 6) is -0.254. The molecule has 2 rings (SSSR count). The molecule has 0 aromatic rings. The first-order valence-corrected chi connectivity index (χ1v) is 8.62. The van der Waals surface area contributed by atoms with Crippen LogP contribution in [-0.4, -0.2) is 64.7 Å². The number of nitrogens with one attached hydrogen (secondary N) is 1. The second kappa shape index (κ2) is 7.88. The van der Waals surface area contributed by atoms with Crippen LogP contribution in [-0.2, 0) is 14.4 Å². The molecule has 2 N–H and O–H groups in total. The molecule has 0 saturated carbocycles. The number of hydroxylamine groups is 3. The highest BCUT2D eigenvalue weighted by molar-refractivity contribution is 5.81. The Morgan fingerprint density at radius 3 is 2.74 bits per heavy atom. The first-order chi connectivity index (χ1) is 10.9. The van der Waals surface area contributed by atoms with Crippen LogP contribution in [0.2, 0.25) is 0 Å². The second-order valence-electron chi connectivity index (χ2n) is 6.62. The van der Waals surface area contributed by atoms with Crippen LogP contribution in [0.4, 0.5) is 0 Å². The lowest BCUT2D eigenvalue weighted by atomic mass is 10.2. The van der Waals surface area contributed by atoms with Gasteiger partial charge in [0.05, 0.1) is 6.42 Å². The third kappa shape index (κ3) is 4.51. The number of rotatable bonds is 7. The lowest BCUT2D eigenvalue weighted by Gasteiger charge is -2.26. The van der Waals surface area contributed by atoms with E-state index in [2.05, 4.69) is 5.32 Å². The largest absolute Gasteiger partial charge is 0.356 e. The van der Waals surface area contributed by atoms with E-state index in [0.29, 0.717) is 26.1 Å². The van der Waals surface area contributed by atoms with Crippen LogP contribution < -0.4 is 5.32 Å². The summed E-state index contributed by atoms with van der Waals surface area (Å²) in [6.45, 7) is 4.31. The van der Waals surface area contributed by atoms with Gasteiger partial charge in [0.1, 0.15) is 12.6 Å². The van der Waals surface area contributed by atoms with Crippen molar-refractivity contribution in [2.75, 3.05) is 26.2 Å². The van der Waals surface area contributed by atoms with Crippen molar-refractivity contribution < 1.29 is 24.2 Å². The minimum Gasteiger partial charge on any atom is -0.356 e. The van der Waals surface area contributed by atoms with E-state index in [1.54, 1.807) is 0 Å². The summed E-state index contributed by atoms with van der Waals surface area (Å²) in [6.07, 6.45) is 4.13. The normalized spacial score (nSPS) is 27.5. The number of carbonyl (C=O) groups is 3. The molecule has 2 atom stereocenters. The molecule has 0 aromatic carbocycles. The highest BCUT2D eigenvalue weighted by Crippen LogP contribution is 2.25. The van der Waals surface area contributed by atoms with Crippen LogP contribution in [0.1, 0.15) is 51.9 Å². The highest BCUT2D eigenvalue weighted by Gasteiger charge is 2.45. The molecule has 2 heterocycles. The second-order valence-corrected chi connectivity index (χ2v) is 6.62. The van der Waals surface area contributed by atoms with Gasteiger partial charge in [0.15, 0.2) is 0 Å².